The predicted molar refractivity (Wildman–Crippen MR) is 66.9 cm³/mol. The number of hydrogen-bond donors (Lipinski definition) is 1. The number of benzene rings is 1. The van der Waals surface area contributed by atoms with Crippen LogP contribution in [-0.2, 0) is 0 Å². The Morgan fingerprint density at radius 1 is 1.13 bits per heavy atom. The van der Waals surface area contributed by atoms with Crippen LogP contribution >= 0.6 is 0 Å². The molecule has 0 fully saturated rings. The summed E-state index contributed by atoms with van der Waals surface area (Å²) >= 11 is 0. The third-order valence-corrected chi connectivity index (χ3v) is 4.03. The first kappa shape index (κ1) is 12.3. The Balaban J connectivity index is 2.95. The first-order valence-corrected chi connectivity index (χ1v) is 5.95. The van der Waals surface area contributed by atoms with E-state index in [9.17, 15) is 0 Å². The minimum Gasteiger partial charge on any atom is -0.330 e. The van der Waals surface area contributed by atoms with Crippen molar-refractivity contribution in [3.8, 4) is 0 Å². The third-order valence-electron chi connectivity index (χ3n) is 4.03. The molecule has 1 nitrogen and oxygen atoms in total. The van der Waals surface area contributed by atoms with Crippen LogP contribution in [0.15, 0.2) is 30.3 Å². The van der Waals surface area contributed by atoms with Gasteiger partial charge in [0.1, 0.15) is 0 Å². The van der Waals surface area contributed by atoms with Crippen LogP contribution in [0, 0.1) is 5.41 Å². The van der Waals surface area contributed by atoms with Crippen molar-refractivity contribution in [2.45, 2.75) is 39.5 Å². The molecule has 1 aromatic carbocycles. The van der Waals surface area contributed by atoms with Gasteiger partial charge in [-0.05, 0) is 36.3 Å². The predicted octanol–water partition coefficient (Wildman–Crippen LogP) is 3.56. The van der Waals surface area contributed by atoms with Crippen molar-refractivity contribution in [1.82, 2.24) is 0 Å². The lowest BCUT2D eigenvalue weighted by Gasteiger charge is -2.37. The van der Waals surface area contributed by atoms with Crippen molar-refractivity contribution in [2.75, 3.05) is 6.54 Å². The topological polar surface area (TPSA) is 26.0 Å². The van der Waals surface area contributed by atoms with Crippen molar-refractivity contribution >= 4 is 0 Å². The second-order valence-corrected chi connectivity index (χ2v) is 4.41. The van der Waals surface area contributed by atoms with Gasteiger partial charge in [-0.2, -0.15) is 0 Å². The Morgan fingerprint density at radius 2 is 1.67 bits per heavy atom. The average molecular weight is 205 g/mol. The largest absolute Gasteiger partial charge is 0.330 e. The fourth-order valence-corrected chi connectivity index (χ4v) is 2.42. The number of rotatable bonds is 5. The average Bonchev–Trinajstić information content (AvgIpc) is 2.33. The summed E-state index contributed by atoms with van der Waals surface area (Å²) in [4.78, 5) is 0. The smallest absolute Gasteiger partial charge is 0.00150 e. The van der Waals surface area contributed by atoms with Gasteiger partial charge in [0.05, 0.1) is 0 Å². The summed E-state index contributed by atoms with van der Waals surface area (Å²) in [5.74, 6) is 0.540. The summed E-state index contributed by atoms with van der Waals surface area (Å²) in [7, 11) is 0. The lowest BCUT2D eigenvalue weighted by Crippen LogP contribution is -2.34. The van der Waals surface area contributed by atoms with Crippen LogP contribution in [0.25, 0.3) is 0 Å². The molecule has 0 aliphatic heterocycles. The van der Waals surface area contributed by atoms with E-state index < -0.39 is 0 Å². The van der Waals surface area contributed by atoms with E-state index in [1.165, 1.54) is 5.56 Å². The zero-order valence-electron chi connectivity index (χ0n) is 10.2. The highest BCUT2D eigenvalue weighted by atomic mass is 14.6. The summed E-state index contributed by atoms with van der Waals surface area (Å²) in [6.45, 7) is 7.57. The Bertz CT molecular complexity index is 266. The van der Waals surface area contributed by atoms with Crippen molar-refractivity contribution in [3.05, 3.63) is 35.9 Å². The van der Waals surface area contributed by atoms with Crippen molar-refractivity contribution in [3.63, 3.8) is 0 Å². The van der Waals surface area contributed by atoms with E-state index in [0.717, 1.165) is 19.4 Å². The van der Waals surface area contributed by atoms with Gasteiger partial charge in [-0.25, -0.2) is 0 Å². The highest BCUT2D eigenvalue weighted by molar-refractivity contribution is 5.21. The molecule has 0 spiro atoms. The number of hydrogen-bond acceptors (Lipinski definition) is 1. The minimum absolute atomic E-state index is 0.265. The molecule has 84 valence electrons. The molecule has 0 aliphatic rings. The molecule has 0 aromatic heterocycles. The first-order chi connectivity index (χ1) is 7.20. The lowest BCUT2D eigenvalue weighted by molar-refractivity contribution is 0.222. The van der Waals surface area contributed by atoms with Crippen LogP contribution in [0.5, 0.6) is 0 Å². The fraction of sp³-hybridized carbons (Fsp3) is 0.571. The molecule has 1 aromatic rings. The summed E-state index contributed by atoms with van der Waals surface area (Å²) in [6.07, 6.45) is 2.30. The quantitative estimate of drug-likeness (QED) is 0.781. The van der Waals surface area contributed by atoms with Gasteiger partial charge in [0, 0.05) is 0 Å². The van der Waals surface area contributed by atoms with E-state index in [1.807, 2.05) is 0 Å². The Hall–Kier alpha value is -0.820. The van der Waals surface area contributed by atoms with Gasteiger partial charge in [-0.1, -0.05) is 51.1 Å². The second kappa shape index (κ2) is 5.32. The molecule has 2 N–H and O–H groups in total. The maximum absolute atomic E-state index is 5.97. The molecule has 1 heteroatoms. The van der Waals surface area contributed by atoms with Gasteiger partial charge in [0.15, 0.2) is 0 Å². The molecule has 0 saturated carbocycles. The summed E-state index contributed by atoms with van der Waals surface area (Å²) in [5, 5.41) is 0. The summed E-state index contributed by atoms with van der Waals surface area (Å²) in [5.41, 5.74) is 7.64. The van der Waals surface area contributed by atoms with Crippen molar-refractivity contribution < 1.29 is 0 Å². The molecule has 1 atom stereocenters. The highest BCUT2D eigenvalue weighted by Gasteiger charge is 2.31. The fourth-order valence-electron chi connectivity index (χ4n) is 2.42. The molecule has 0 bridgehead atoms. The van der Waals surface area contributed by atoms with E-state index in [2.05, 4.69) is 51.1 Å². The first-order valence-electron chi connectivity index (χ1n) is 5.95. The maximum atomic E-state index is 5.97. The SMILES string of the molecule is CCC(CC)(CN)C(C)c1ccccc1. The maximum Gasteiger partial charge on any atom is -0.00150 e. The van der Waals surface area contributed by atoms with E-state index in [0.29, 0.717) is 5.92 Å². The Labute approximate surface area is 93.7 Å². The van der Waals surface area contributed by atoms with E-state index >= 15 is 0 Å². The molecule has 15 heavy (non-hydrogen) atoms. The summed E-state index contributed by atoms with van der Waals surface area (Å²) < 4.78 is 0. The van der Waals surface area contributed by atoms with Crippen LogP contribution < -0.4 is 5.73 Å². The molecule has 1 unspecified atom stereocenters. The van der Waals surface area contributed by atoms with Crippen LogP contribution in [0.3, 0.4) is 0 Å². The van der Waals surface area contributed by atoms with E-state index in [-0.39, 0.29) is 5.41 Å². The minimum atomic E-state index is 0.265. The lowest BCUT2D eigenvalue weighted by atomic mass is 9.69. The molecule has 0 amide bonds. The van der Waals surface area contributed by atoms with E-state index in [1.54, 1.807) is 0 Å². The van der Waals surface area contributed by atoms with Gasteiger partial charge in [-0.3, -0.25) is 0 Å². The third kappa shape index (κ3) is 2.40. The molecule has 1 rings (SSSR count). The molecular formula is C14H23N. The van der Waals surface area contributed by atoms with Crippen molar-refractivity contribution in [1.29, 1.82) is 0 Å². The molecule has 0 heterocycles. The van der Waals surface area contributed by atoms with Crippen LogP contribution in [0.4, 0.5) is 0 Å². The highest BCUT2D eigenvalue weighted by Crippen LogP contribution is 2.40. The van der Waals surface area contributed by atoms with Crippen molar-refractivity contribution in [2.24, 2.45) is 11.1 Å². The molecule has 0 radical (unpaired) electrons. The molecule has 0 aliphatic carbocycles. The van der Waals surface area contributed by atoms with Gasteiger partial charge >= 0.3 is 0 Å². The Morgan fingerprint density at radius 3 is 2.07 bits per heavy atom. The van der Waals surface area contributed by atoms with Gasteiger partial charge in [0.2, 0.25) is 0 Å². The normalized spacial score (nSPS) is 13.9. The van der Waals surface area contributed by atoms with Crippen LogP contribution in [-0.4, -0.2) is 6.54 Å². The van der Waals surface area contributed by atoms with Gasteiger partial charge in [0.25, 0.3) is 0 Å². The summed E-state index contributed by atoms with van der Waals surface area (Å²) in [6, 6.07) is 10.7. The number of nitrogens with two attached hydrogens (primary N) is 1. The second-order valence-electron chi connectivity index (χ2n) is 4.41. The molecule has 0 saturated heterocycles. The van der Waals surface area contributed by atoms with E-state index in [4.69, 9.17) is 5.73 Å². The monoisotopic (exact) mass is 205 g/mol. The van der Waals surface area contributed by atoms with Crippen LogP contribution in [0.2, 0.25) is 0 Å². The zero-order valence-corrected chi connectivity index (χ0v) is 10.2. The standard InChI is InChI=1S/C14H23N/c1-4-14(5-2,11-15)12(3)13-9-7-6-8-10-13/h6-10,12H,4-5,11,15H2,1-3H3. The molecular weight excluding hydrogens is 182 g/mol. The van der Waals surface area contributed by atoms with Gasteiger partial charge in [-0.15, -0.1) is 0 Å². The van der Waals surface area contributed by atoms with Crippen LogP contribution in [0.1, 0.15) is 45.1 Å². The Kier molecular flexibility index (Phi) is 4.34. The zero-order chi connectivity index (χ0) is 11.3. The van der Waals surface area contributed by atoms with Gasteiger partial charge < -0.3 is 5.73 Å².